The quantitative estimate of drug-likeness (QED) is 0.883. The second-order valence-corrected chi connectivity index (χ2v) is 4.89. The number of ether oxygens (including phenoxy) is 2. The molecule has 0 aliphatic rings. The van der Waals surface area contributed by atoms with E-state index in [0.717, 1.165) is 5.56 Å². The highest BCUT2D eigenvalue weighted by molar-refractivity contribution is 6.32. The second kappa shape index (κ2) is 7.56. The second-order valence-electron chi connectivity index (χ2n) is 4.48. The lowest BCUT2D eigenvalue weighted by Gasteiger charge is -2.13. The molecule has 22 heavy (non-hydrogen) atoms. The summed E-state index contributed by atoms with van der Waals surface area (Å²) in [5.41, 5.74) is 1.49. The van der Waals surface area contributed by atoms with Crippen molar-refractivity contribution in [2.45, 2.75) is 6.54 Å². The number of anilines is 1. The van der Waals surface area contributed by atoms with E-state index in [1.54, 1.807) is 12.1 Å². The predicted octanol–water partition coefficient (Wildman–Crippen LogP) is 3.68. The van der Waals surface area contributed by atoms with Gasteiger partial charge in [0.05, 0.1) is 24.9 Å². The summed E-state index contributed by atoms with van der Waals surface area (Å²) in [7, 11) is 3.01. The molecular weight excluding hydrogens is 304 g/mol. The minimum Gasteiger partial charge on any atom is -0.495 e. The molecule has 6 heteroatoms. The number of carbonyl (C=O) groups is 1. The molecular formula is C16H17ClN2O3. The third-order valence-corrected chi connectivity index (χ3v) is 3.31. The van der Waals surface area contributed by atoms with E-state index in [-0.39, 0.29) is 6.03 Å². The van der Waals surface area contributed by atoms with Crippen molar-refractivity contribution >= 4 is 23.3 Å². The van der Waals surface area contributed by atoms with Crippen LogP contribution in [-0.4, -0.2) is 20.3 Å². The average molecular weight is 321 g/mol. The summed E-state index contributed by atoms with van der Waals surface area (Å²) in [4.78, 5) is 12.0. The summed E-state index contributed by atoms with van der Waals surface area (Å²) in [5, 5.41) is 5.90. The third kappa shape index (κ3) is 4.05. The fraction of sp³-hybridized carbons (Fsp3) is 0.188. The summed E-state index contributed by atoms with van der Waals surface area (Å²) in [6.07, 6.45) is 0. The lowest BCUT2D eigenvalue weighted by atomic mass is 10.2. The number of urea groups is 1. The number of hydrogen-bond donors (Lipinski definition) is 2. The minimum atomic E-state index is -0.341. The number of rotatable bonds is 5. The molecule has 2 aromatic carbocycles. The highest BCUT2D eigenvalue weighted by Crippen LogP contribution is 2.35. The van der Waals surface area contributed by atoms with Gasteiger partial charge in [0.2, 0.25) is 0 Å². The number of halogens is 1. The zero-order chi connectivity index (χ0) is 15.9. The van der Waals surface area contributed by atoms with Crippen LogP contribution in [0, 0.1) is 0 Å². The molecule has 0 saturated carbocycles. The smallest absolute Gasteiger partial charge is 0.319 e. The topological polar surface area (TPSA) is 59.6 Å². The molecule has 0 fully saturated rings. The molecule has 0 aromatic heterocycles. The minimum absolute atomic E-state index is 0.341. The van der Waals surface area contributed by atoms with Crippen LogP contribution in [0.5, 0.6) is 11.5 Å². The molecule has 2 aromatic rings. The van der Waals surface area contributed by atoms with Crippen molar-refractivity contribution in [2.75, 3.05) is 19.5 Å². The number of hydrogen-bond acceptors (Lipinski definition) is 3. The van der Waals surface area contributed by atoms with Crippen molar-refractivity contribution in [1.82, 2.24) is 5.32 Å². The van der Waals surface area contributed by atoms with E-state index in [1.807, 2.05) is 30.3 Å². The number of carbonyl (C=O) groups excluding carboxylic acids is 1. The first kappa shape index (κ1) is 16.0. The molecule has 0 aliphatic carbocycles. The molecule has 116 valence electrons. The number of nitrogens with one attached hydrogen (secondary N) is 2. The molecule has 0 bridgehead atoms. The zero-order valence-electron chi connectivity index (χ0n) is 12.4. The molecule has 0 heterocycles. The Morgan fingerprint density at radius 3 is 2.41 bits per heavy atom. The van der Waals surface area contributed by atoms with Crippen LogP contribution in [0.1, 0.15) is 5.56 Å². The van der Waals surface area contributed by atoms with E-state index in [1.165, 1.54) is 14.2 Å². The predicted molar refractivity (Wildman–Crippen MR) is 86.9 cm³/mol. The van der Waals surface area contributed by atoms with Gasteiger partial charge in [-0.2, -0.15) is 0 Å². The van der Waals surface area contributed by atoms with E-state index in [0.29, 0.717) is 28.8 Å². The van der Waals surface area contributed by atoms with Crippen LogP contribution in [0.4, 0.5) is 10.5 Å². The van der Waals surface area contributed by atoms with Crippen molar-refractivity contribution in [2.24, 2.45) is 0 Å². The summed E-state index contributed by atoms with van der Waals surface area (Å²) >= 11 is 6.02. The van der Waals surface area contributed by atoms with Crippen LogP contribution in [0.3, 0.4) is 0 Å². The number of benzene rings is 2. The molecule has 0 unspecified atom stereocenters. The summed E-state index contributed by atoms with van der Waals surface area (Å²) < 4.78 is 10.3. The van der Waals surface area contributed by atoms with Crippen molar-refractivity contribution in [3.63, 3.8) is 0 Å². The van der Waals surface area contributed by atoms with Gasteiger partial charge in [-0.25, -0.2) is 4.79 Å². The van der Waals surface area contributed by atoms with Crippen molar-refractivity contribution < 1.29 is 14.3 Å². The van der Waals surface area contributed by atoms with Crippen molar-refractivity contribution in [3.05, 3.63) is 53.1 Å². The standard InChI is InChI=1S/C16H17ClN2O3/c1-21-14-9-13(15(22-2)8-12(14)17)19-16(20)18-10-11-6-4-3-5-7-11/h3-9H,10H2,1-2H3,(H2,18,19,20). The van der Waals surface area contributed by atoms with Crippen LogP contribution in [0.2, 0.25) is 5.02 Å². The molecule has 2 N–H and O–H groups in total. The average Bonchev–Trinajstić information content (AvgIpc) is 2.55. The highest BCUT2D eigenvalue weighted by Gasteiger charge is 2.12. The Labute approximate surface area is 134 Å². The van der Waals surface area contributed by atoms with E-state index >= 15 is 0 Å². The van der Waals surface area contributed by atoms with Gasteiger partial charge < -0.3 is 20.1 Å². The third-order valence-electron chi connectivity index (χ3n) is 3.02. The highest BCUT2D eigenvalue weighted by atomic mass is 35.5. The maximum atomic E-state index is 12.0. The van der Waals surface area contributed by atoms with Crippen molar-refractivity contribution in [1.29, 1.82) is 0 Å². The Morgan fingerprint density at radius 2 is 1.77 bits per heavy atom. The lowest BCUT2D eigenvalue weighted by molar-refractivity contribution is 0.251. The van der Waals surface area contributed by atoms with Crippen LogP contribution in [0.25, 0.3) is 0 Å². The van der Waals surface area contributed by atoms with Gasteiger partial charge in [-0.05, 0) is 5.56 Å². The van der Waals surface area contributed by atoms with E-state index in [4.69, 9.17) is 21.1 Å². The monoisotopic (exact) mass is 320 g/mol. The molecule has 5 nitrogen and oxygen atoms in total. The van der Waals surface area contributed by atoms with E-state index in [9.17, 15) is 4.79 Å². The van der Waals surface area contributed by atoms with Gasteiger partial charge in [0.25, 0.3) is 0 Å². The normalized spacial score (nSPS) is 9.95. The summed E-state index contributed by atoms with van der Waals surface area (Å²) in [6, 6.07) is 12.5. The Bertz CT molecular complexity index is 647. The zero-order valence-corrected chi connectivity index (χ0v) is 13.1. The first-order valence-corrected chi connectivity index (χ1v) is 7.02. The largest absolute Gasteiger partial charge is 0.495 e. The first-order valence-electron chi connectivity index (χ1n) is 6.64. The Hall–Kier alpha value is -2.40. The van der Waals surface area contributed by atoms with Crippen LogP contribution in [-0.2, 0) is 6.54 Å². The van der Waals surface area contributed by atoms with Gasteiger partial charge in [0.1, 0.15) is 11.5 Å². The summed E-state index contributed by atoms with van der Waals surface area (Å²) in [5.74, 6) is 0.918. The Morgan fingerprint density at radius 1 is 1.09 bits per heavy atom. The van der Waals surface area contributed by atoms with Crippen molar-refractivity contribution in [3.8, 4) is 11.5 Å². The number of amides is 2. The van der Waals surface area contributed by atoms with E-state index in [2.05, 4.69) is 10.6 Å². The van der Waals surface area contributed by atoms with Gasteiger partial charge in [0.15, 0.2) is 0 Å². The van der Waals surface area contributed by atoms with Gasteiger partial charge in [-0.1, -0.05) is 41.9 Å². The molecule has 2 amide bonds. The molecule has 0 atom stereocenters. The molecule has 2 rings (SSSR count). The molecule has 0 radical (unpaired) electrons. The fourth-order valence-electron chi connectivity index (χ4n) is 1.90. The molecule has 0 spiro atoms. The fourth-order valence-corrected chi connectivity index (χ4v) is 2.13. The SMILES string of the molecule is COc1cc(NC(=O)NCc2ccccc2)c(OC)cc1Cl. The summed E-state index contributed by atoms with van der Waals surface area (Å²) in [6.45, 7) is 0.430. The van der Waals surface area contributed by atoms with E-state index < -0.39 is 0 Å². The van der Waals surface area contributed by atoms with Gasteiger partial charge >= 0.3 is 6.03 Å². The first-order chi connectivity index (χ1) is 10.6. The molecule has 0 aliphatic heterocycles. The maximum Gasteiger partial charge on any atom is 0.319 e. The lowest BCUT2D eigenvalue weighted by Crippen LogP contribution is -2.28. The van der Waals surface area contributed by atoms with Gasteiger partial charge in [-0.15, -0.1) is 0 Å². The van der Waals surface area contributed by atoms with Crippen LogP contribution < -0.4 is 20.1 Å². The van der Waals surface area contributed by atoms with Crippen LogP contribution in [0.15, 0.2) is 42.5 Å². The molecule has 0 saturated heterocycles. The van der Waals surface area contributed by atoms with Gasteiger partial charge in [-0.3, -0.25) is 0 Å². The Kier molecular flexibility index (Phi) is 5.49. The van der Waals surface area contributed by atoms with Gasteiger partial charge in [0, 0.05) is 18.7 Å². The number of methoxy groups -OCH3 is 2. The van der Waals surface area contributed by atoms with Crippen LogP contribution >= 0.6 is 11.6 Å². The maximum absolute atomic E-state index is 12.0. The Balaban J connectivity index is 2.04.